The smallest absolute Gasteiger partial charge is 0.407 e. The van der Waals surface area contributed by atoms with Gasteiger partial charge in [0.25, 0.3) is 5.91 Å². The number of hydroxylamine groups is 1. The molecule has 0 heterocycles. The van der Waals surface area contributed by atoms with Crippen molar-refractivity contribution in [2.45, 2.75) is 32.7 Å². The summed E-state index contributed by atoms with van der Waals surface area (Å²) in [6, 6.07) is 15.0. The van der Waals surface area contributed by atoms with E-state index in [1.807, 2.05) is 48.5 Å². The molecule has 1 aliphatic carbocycles. The Hall–Kier alpha value is -3.39. The molecule has 2 aromatic carbocycles. The van der Waals surface area contributed by atoms with Gasteiger partial charge in [0.15, 0.2) is 6.61 Å². The molecule has 0 saturated carbocycles. The quantitative estimate of drug-likeness (QED) is 0.587. The van der Waals surface area contributed by atoms with Crippen LogP contribution >= 0.6 is 0 Å². The third kappa shape index (κ3) is 5.21. The normalized spacial score (nSPS) is 13.6. The maximum absolute atomic E-state index is 12.5. The fourth-order valence-corrected chi connectivity index (χ4v) is 3.66. The molecule has 1 unspecified atom stereocenters. The Bertz CT molecular complexity index is 937. The summed E-state index contributed by atoms with van der Waals surface area (Å²) in [5, 5.41) is 11.2. The van der Waals surface area contributed by atoms with Gasteiger partial charge in [0.05, 0.1) is 0 Å². The second kappa shape index (κ2) is 9.18. The third-order valence-electron chi connectivity index (χ3n) is 5.10. The lowest BCUT2D eigenvalue weighted by Crippen LogP contribution is -2.53. The number of carboxylic acids is 1. The molecule has 1 atom stereocenters. The molecule has 3 rings (SSSR count). The number of carbonyl (C=O) groups excluding carboxylic acids is 2. The summed E-state index contributed by atoms with van der Waals surface area (Å²) in [6.45, 7) is 4.72. The van der Waals surface area contributed by atoms with Gasteiger partial charge in [-0.25, -0.2) is 15.1 Å². The first kappa shape index (κ1) is 22.3. The van der Waals surface area contributed by atoms with Crippen molar-refractivity contribution in [3.05, 3.63) is 59.7 Å². The zero-order chi connectivity index (χ0) is 22.6. The Balaban J connectivity index is 1.66. The predicted octanol–water partition coefficient (Wildman–Crippen LogP) is 3.07. The maximum Gasteiger partial charge on any atom is 0.407 e. The highest BCUT2D eigenvalue weighted by atomic mass is 16.7. The molecule has 0 fully saturated rings. The number of carbonyl (C=O) groups is 3. The number of rotatable bonds is 7. The van der Waals surface area contributed by atoms with Gasteiger partial charge < -0.3 is 15.2 Å². The number of hydrogen-bond acceptors (Lipinski definition) is 5. The molecule has 0 aromatic heterocycles. The monoisotopic (exact) mass is 426 g/mol. The number of benzene rings is 2. The van der Waals surface area contributed by atoms with E-state index in [1.165, 1.54) is 0 Å². The number of nitrogens with one attached hydrogen (secondary N) is 2. The molecule has 2 amide bonds. The molecule has 0 bridgehead atoms. The van der Waals surface area contributed by atoms with E-state index >= 15 is 0 Å². The second-order valence-corrected chi connectivity index (χ2v) is 8.42. The van der Waals surface area contributed by atoms with Gasteiger partial charge in [-0.05, 0) is 27.7 Å². The largest absolute Gasteiger partial charge is 0.479 e. The Morgan fingerprint density at radius 1 is 1.00 bits per heavy atom. The van der Waals surface area contributed by atoms with Crippen molar-refractivity contribution in [2.24, 2.45) is 5.41 Å². The van der Waals surface area contributed by atoms with Crippen LogP contribution in [0.1, 0.15) is 37.8 Å². The van der Waals surface area contributed by atoms with Gasteiger partial charge in [-0.1, -0.05) is 69.3 Å². The summed E-state index contributed by atoms with van der Waals surface area (Å²) in [5.41, 5.74) is 5.81. The van der Waals surface area contributed by atoms with Crippen LogP contribution in [0.25, 0.3) is 11.1 Å². The lowest BCUT2D eigenvalue weighted by atomic mass is 9.86. The number of alkyl carbamates (subject to hydrolysis) is 1. The van der Waals surface area contributed by atoms with Gasteiger partial charge in [0, 0.05) is 5.92 Å². The molecular weight excluding hydrogens is 400 g/mol. The van der Waals surface area contributed by atoms with Crippen LogP contribution in [-0.2, 0) is 19.2 Å². The van der Waals surface area contributed by atoms with Crippen LogP contribution in [-0.4, -0.2) is 42.3 Å². The number of aliphatic carboxylic acids is 1. The van der Waals surface area contributed by atoms with E-state index in [0.29, 0.717) is 0 Å². The van der Waals surface area contributed by atoms with Gasteiger partial charge >= 0.3 is 12.1 Å². The average Bonchev–Trinajstić information content (AvgIpc) is 3.03. The topological polar surface area (TPSA) is 114 Å². The molecule has 0 aliphatic heterocycles. The predicted molar refractivity (Wildman–Crippen MR) is 113 cm³/mol. The molecule has 2 aromatic rings. The minimum Gasteiger partial charge on any atom is -0.479 e. The molecule has 8 heteroatoms. The highest BCUT2D eigenvalue weighted by Crippen LogP contribution is 2.44. The highest BCUT2D eigenvalue weighted by molar-refractivity contribution is 5.86. The minimum atomic E-state index is -1.22. The summed E-state index contributed by atoms with van der Waals surface area (Å²) in [4.78, 5) is 40.1. The van der Waals surface area contributed by atoms with Crippen LogP contribution in [0.3, 0.4) is 0 Å². The van der Waals surface area contributed by atoms with Crippen LogP contribution in [0.5, 0.6) is 0 Å². The first-order valence-electron chi connectivity index (χ1n) is 9.93. The van der Waals surface area contributed by atoms with Crippen LogP contribution < -0.4 is 10.8 Å². The molecule has 1 aliphatic rings. The molecular formula is C23H26N2O6. The van der Waals surface area contributed by atoms with E-state index in [4.69, 9.17) is 9.84 Å². The SMILES string of the molecule is CC(C)(C)C(NC(=O)OCC1c2ccccc2-c2ccccc21)C(=O)NOCC(=O)O. The van der Waals surface area contributed by atoms with Gasteiger partial charge in [0.2, 0.25) is 0 Å². The zero-order valence-corrected chi connectivity index (χ0v) is 17.7. The van der Waals surface area contributed by atoms with Crippen LogP contribution in [0.15, 0.2) is 48.5 Å². The summed E-state index contributed by atoms with van der Waals surface area (Å²) in [6.07, 6.45) is -0.741. The Morgan fingerprint density at radius 3 is 2.06 bits per heavy atom. The van der Waals surface area contributed by atoms with Crippen molar-refractivity contribution in [3.63, 3.8) is 0 Å². The van der Waals surface area contributed by atoms with E-state index in [0.717, 1.165) is 22.3 Å². The van der Waals surface area contributed by atoms with Gasteiger partial charge in [0.1, 0.15) is 12.6 Å². The first-order valence-corrected chi connectivity index (χ1v) is 9.93. The minimum absolute atomic E-state index is 0.0982. The molecule has 8 nitrogen and oxygen atoms in total. The standard InChI is InChI=1S/C23H26N2O6/c1-23(2,3)20(21(28)25-31-13-19(26)27)24-22(29)30-12-18-16-10-6-4-8-14(16)15-9-5-7-11-17(15)18/h4-11,18,20H,12-13H2,1-3H3,(H,24,29)(H,25,28)(H,26,27). The van der Waals surface area contributed by atoms with Crippen molar-refractivity contribution in [1.82, 2.24) is 10.8 Å². The van der Waals surface area contributed by atoms with E-state index < -0.39 is 36.0 Å². The van der Waals surface area contributed by atoms with Crippen molar-refractivity contribution in [1.29, 1.82) is 0 Å². The third-order valence-corrected chi connectivity index (χ3v) is 5.10. The van der Waals surface area contributed by atoms with E-state index in [9.17, 15) is 14.4 Å². The summed E-state index contributed by atoms with van der Waals surface area (Å²) in [7, 11) is 0. The maximum atomic E-state index is 12.5. The van der Waals surface area contributed by atoms with Crippen LogP contribution in [0.4, 0.5) is 4.79 Å². The molecule has 0 spiro atoms. The molecule has 3 N–H and O–H groups in total. The Labute approximate surface area is 180 Å². The zero-order valence-electron chi connectivity index (χ0n) is 17.7. The number of hydrogen-bond donors (Lipinski definition) is 3. The lowest BCUT2D eigenvalue weighted by molar-refractivity contribution is -0.150. The highest BCUT2D eigenvalue weighted by Gasteiger charge is 2.34. The van der Waals surface area contributed by atoms with E-state index in [2.05, 4.69) is 15.6 Å². The van der Waals surface area contributed by atoms with Crippen molar-refractivity contribution < 1.29 is 29.1 Å². The van der Waals surface area contributed by atoms with Crippen molar-refractivity contribution in [2.75, 3.05) is 13.2 Å². The summed E-state index contributed by atoms with van der Waals surface area (Å²) < 4.78 is 5.49. The molecule has 31 heavy (non-hydrogen) atoms. The average molecular weight is 426 g/mol. The number of carboxylic acid groups (broad SMARTS) is 1. The number of fused-ring (bicyclic) bond motifs is 3. The van der Waals surface area contributed by atoms with Crippen LogP contribution in [0.2, 0.25) is 0 Å². The lowest BCUT2D eigenvalue weighted by Gasteiger charge is -2.29. The summed E-state index contributed by atoms with van der Waals surface area (Å²) >= 11 is 0. The van der Waals surface area contributed by atoms with Crippen LogP contribution in [0, 0.1) is 5.41 Å². The fourth-order valence-electron chi connectivity index (χ4n) is 3.66. The van der Waals surface area contributed by atoms with Gasteiger partial charge in [-0.2, -0.15) is 0 Å². The van der Waals surface area contributed by atoms with Crippen molar-refractivity contribution >= 4 is 18.0 Å². The molecule has 164 valence electrons. The van der Waals surface area contributed by atoms with E-state index in [-0.39, 0.29) is 12.5 Å². The second-order valence-electron chi connectivity index (χ2n) is 8.42. The molecule has 0 radical (unpaired) electrons. The van der Waals surface area contributed by atoms with Gasteiger partial charge in [-0.3, -0.25) is 9.63 Å². The molecule has 0 saturated heterocycles. The first-order chi connectivity index (χ1) is 14.7. The Morgan fingerprint density at radius 2 is 1.55 bits per heavy atom. The number of amides is 2. The van der Waals surface area contributed by atoms with E-state index in [1.54, 1.807) is 20.8 Å². The number of ether oxygens (including phenoxy) is 1. The fraction of sp³-hybridized carbons (Fsp3) is 0.348. The Kier molecular flexibility index (Phi) is 6.60. The summed E-state index contributed by atoms with van der Waals surface area (Å²) in [5.74, 6) is -1.99. The van der Waals surface area contributed by atoms with Gasteiger partial charge in [-0.15, -0.1) is 0 Å². The van der Waals surface area contributed by atoms with Crippen molar-refractivity contribution in [3.8, 4) is 11.1 Å².